The molecule has 4 aromatic rings. The quantitative estimate of drug-likeness (QED) is 0.512. The van der Waals surface area contributed by atoms with Gasteiger partial charge in [0.05, 0.1) is 4.90 Å². The summed E-state index contributed by atoms with van der Waals surface area (Å²) in [5.74, 6) is 0.716. The monoisotopic (exact) mass is 406 g/mol. The molecule has 1 aliphatic heterocycles. The lowest BCUT2D eigenvalue weighted by atomic mass is 10.1. The van der Waals surface area contributed by atoms with Crippen LogP contribution in [0.4, 0.5) is 0 Å². The van der Waals surface area contributed by atoms with Crippen molar-refractivity contribution in [1.82, 2.24) is 19.4 Å². The van der Waals surface area contributed by atoms with E-state index in [1.54, 1.807) is 30.6 Å². The van der Waals surface area contributed by atoms with Crippen molar-refractivity contribution in [3.8, 4) is 11.4 Å². The minimum Gasteiger partial charge on any atom is -0.337 e. The number of hydrogen-bond acceptors (Lipinski definition) is 6. The van der Waals surface area contributed by atoms with Gasteiger partial charge in [0.2, 0.25) is 21.7 Å². The number of pyridine rings is 1. The van der Waals surface area contributed by atoms with E-state index in [4.69, 9.17) is 4.52 Å². The molecule has 0 unspecified atom stereocenters. The minimum atomic E-state index is -3.69. The predicted molar refractivity (Wildman–Crippen MR) is 107 cm³/mol. The first-order valence-corrected chi connectivity index (χ1v) is 10.8. The average molecular weight is 406 g/mol. The summed E-state index contributed by atoms with van der Waals surface area (Å²) in [5, 5.41) is 5.91. The van der Waals surface area contributed by atoms with Crippen molar-refractivity contribution < 1.29 is 12.9 Å². The zero-order valence-corrected chi connectivity index (χ0v) is 16.3. The van der Waals surface area contributed by atoms with E-state index in [0.717, 1.165) is 22.8 Å². The van der Waals surface area contributed by atoms with Gasteiger partial charge in [-0.2, -0.15) is 9.29 Å². The van der Waals surface area contributed by atoms with Gasteiger partial charge in [-0.25, -0.2) is 8.42 Å². The average Bonchev–Trinajstić information content (AvgIpc) is 3.44. The molecule has 0 aliphatic carbocycles. The van der Waals surface area contributed by atoms with Gasteiger partial charge in [-0.15, -0.1) is 0 Å². The molecule has 146 valence electrons. The summed E-state index contributed by atoms with van der Waals surface area (Å²) < 4.78 is 33.6. The normalized spacial score (nSPS) is 17.7. The van der Waals surface area contributed by atoms with E-state index in [1.165, 1.54) is 4.31 Å². The van der Waals surface area contributed by atoms with Crippen LogP contribution in [-0.2, 0) is 10.0 Å². The van der Waals surface area contributed by atoms with Crippen LogP contribution in [0, 0.1) is 0 Å². The van der Waals surface area contributed by atoms with Gasteiger partial charge in [-0.1, -0.05) is 35.5 Å². The lowest BCUT2D eigenvalue weighted by Gasteiger charge is -2.21. The smallest absolute Gasteiger partial charge is 0.245 e. The van der Waals surface area contributed by atoms with Crippen LogP contribution < -0.4 is 0 Å². The minimum absolute atomic E-state index is 0.273. The Balaban J connectivity index is 1.49. The van der Waals surface area contributed by atoms with E-state index in [2.05, 4.69) is 15.1 Å². The van der Waals surface area contributed by atoms with Crippen molar-refractivity contribution >= 4 is 20.8 Å². The molecule has 3 heterocycles. The summed E-state index contributed by atoms with van der Waals surface area (Å²) in [5.41, 5.74) is 0.726. The molecule has 29 heavy (non-hydrogen) atoms. The van der Waals surface area contributed by atoms with E-state index in [9.17, 15) is 8.42 Å². The lowest BCUT2D eigenvalue weighted by molar-refractivity contribution is 0.290. The van der Waals surface area contributed by atoms with E-state index in [-0.39, 0.29) is 4.90 Å². The fourth-order valence-electron chi connectivity index (χ4n) is 3.72. The van der Waals surface area contributed by atoms with E-state index >= 15 is 0 Å². The van der Waals surface area contributed by atoms with Crippen molar-refractivity contribution in [1.29, 1.82) is 0 Å². The number of benzene rings is 2. The van der Waals surface area contributed by atoms with Crippen molar-refractivity contribution in [2.24, 2.45) is 0 Å². The third kappa shape index (κ3) is 3.20. The summed E-state index contributed by atoms with van der Waals surface area (Å²) in [6, 6.07) is 16.1. The molecule has 1 atom stereocenters. The molecule has 0 bridgehead atoms. The highest BCUT2D eigenvalue weighted by Crippen LogP contribution is 2.37. The van der Waals surface area contributed by atoms with Crippen LogP contribution in [0.2, 0.25) is 0 Å². The highest BCUT2D eigenvalue weighted by atomic mass is 32.2. The Morgan fingerprint density at radius 1 is 1.03 bits per heavy atom. The molecule has 0 amide bonds. The van der Waals surface area contributed by atoms with Gasteiger partial charge < -0.3 is 4.52 Å². The molecule has 7 nitrogen and oxygen atoms in total. The van der Waals surface area contributed by atoms with Gasteiger partial charge in [-0.3, -0.25) is 4.98 Å². The Hall–Kier alpha value is -3.10. The van der Waals surface area contributed by atoms with Gasteiger partial charge in [0.15, 0.2) is 0 Å². The Morgan fingerprint density at radius 3 is 2.72 bits per heavy atom. The van der Waals surface area contributed by atoms with Crippen molar-refractivity contribution in [3.05, 3.63) is 72.9 Å². The standard InChI is InChI=1S/C21H18N4O3S/c26-29(27,18-10-9-15-5-1-2-6-16(15)13-18)25-12-4-8-19(25)21-23-20(24-28-21)17-7-3-11-22-14-17/h1-3,5-7,9-11,13-14,19H,4,8,12H2/t19-/m1/s1. The number of hydrogen-bond donors (Lipinski definition) is 0. The summed E-state index contributed by atoms with van der Waals surface area (Å²) in [6.07, 6.45) is 4.69. The fourth-order valence-corrected chi connectivity index (χ4v) is 5.41. The fraction of sp³-hybridized carbons (Fsp3) is 0.190. The number of sulfonamides is 1. The largest absolute Gasteiger partial charge is 0.337 e. The first-order chi connectivity index (χ1) is 14.1. The maximum Gasteiger partial charge on any atom is 0.245 e. The van der Waals surface area contributed by atoms with Crippen molar-refractivity contribution in [2.75, 3.05) is 6.54 Å². The molecule has 1 aliphatic rings. The van der Waals surface area contributed by atoms with Crippen LogP contribution in [0.1, 0.15) is 24.8 Å². The zero-order valence-electron chi connectivity index (χ0n) is 15.5. The number of aromatic nitrogens is 3. The van der Waals surface area contributed by atoms with E-state index in [0.29, 0.717) is 24.7 Å². The third-order valence-electron chi connectivity index (χ3n) is 5.18. The first-order valence-electron chi connectivity index (χ1n) is 9.37. The Kier molecular flexibility index (Phi) is 4.37. The van der Waals surface area contributed by atoms with Crippen LogP contribution in [0.15, 0.2) is 76.4 Å². The first kappa shape index (κ1) is 18.0. The molecule has 0 spiro atoms. The van der Waals surface area contributed by atoms with Crippen LogP contribution in [0.25, 0.3) is 22.2 Å². The Morgan fingerprint density at radius 2 is 1.90 bits per heavy atom. The molecule has 2 aromatic carbocycles. The number of nitrogens with zero attached hydrogens (tertiary/aromatic N) is 4. The van der Waals surface area contributed by atoms with Crippen LogP contribution >= 0.6 is 0 Å². The lowest BCUT2D eigenvalue weighted by Crippen LogP contribution is -2.30. The maximum absolute atomic E-state index is 13.4. The van der Waals surface area contributed by atoms with E-state index < -0.39 is 16.1 Å². The highest BCUT2D eigenvalue weighted by Gasteiger charge is 2.39. The van der Waals surface area contributed by atoms with Gasteiger partial charge in [0.25, 0.3) is 0 Å². The van der Waals surface area contributed by atoms with Gasteiger partial charge >= 0.3 is 0 Å². The molecule has 8 heteroatoms. The predicted octanol–water partition coefficient (Wildman–Crippen LogP) is 3.81. The molecule has 1 saturated heterocycles. The Labute approximate surface area is 168 Å². The Bertz CT molecular complexity index is 1270. The second kappa shape index (κ2) is 7.06. The van der Waals surface area contributed by atoms with Gasteiger partial charge in [0.1, 0.15) is 6.04 Å². The molecule has 0 N–H and O–H groups in total. The zero-order chi connectivity index (χ0) is 19.8. The summed E-state index contributed by atoms with van der Waals surface area (Å²) in [6.45, 7) is 0.421. The van der Waals surface area contributed by atoms with Crippen LogP contribution in [0.3, 0.4) is 0 Å². The molecule has 0 saturated carbocycles. The summed E-state index contributed by atoms with van der Waals surface area (Å²) >= 11 is 0. The molecule has 0 radical (unpaired) electrons. The SMILES string of the molecule is O=S(=O)(c1ccc2ccccc2c1)N1CCC[C@@H]1c1nc(-c2cccnc2)no1. The maximum atomic E-state index is 13.4. The number of rotatable bonds is 4. The number of fused-ring (bicyclic) bond motifs is 1. The third-order valence-corrected chi connectivity index (χ3v) is 7.08. The highest BCUT2D eigenvalue weighted by molar-refractivity contribution is 7.89. The van der Waals surface area contributed by atoms with Crippen molar-refractivity contribution in [2.45, 2.75) is 23.8 Å². The topological polar surface area (TPSA) is 89.2 Å². The molecule has 2 aromatic heterocycles. The second-order valence-electron chi connectivity index (χ2n) is 6.98. The molecule has 1 fully saturated rings. The van der Waals surface area contributed by atoms with Crippen molar-refractivity contribution in [3.63, 3.8) is 0 Å². The van der Waals surface area contributed by atoms with E-state index in [1.807, 2.05) is 36.4 Å². The van der Waals surface area contributed by atoms with Crippen LogP contribution in [0.5, 0.6) is 0 Å². The van der Waals surface area contributed by atoms with Gasteiger partial charge in [-0.05, 0) is 47.9 Å². The molecular formula is C21H18N4O3S. The van der Waals surface area contributed by atoms with Crippen LogP contribution in [-0.4, -0.2) is 34.4 Å². The summed E-state index contributed by atoms with van der Waals surface area (Å²) in [4.78, 5) is 8.78. The molecule has 5 rings (SSSR count). The molecular weight excluding hydrogens is 388 g/mol. The summed E-state index contributed by atoms with van der Waals surface area (Å²) in [7, 11) is -3.69. The second-order valence-corrected chi connectivity index (χ2v) is 8.87. The van der Waals surface area contributed by atoms with Gasteiger partial charge in [0, 0.05) is 24.5 Å².